The molecule has 0 aliphatic carbocycles. The van der Waals surface area contributed by atoms with Crippen molar-refractivity contribution in [2.75, 3.05) is 11.9 Å². The average Bonchev–Trinajstić information content (AvgIpc) is 3.17. The van der Waals surface area contributed by atoms with E-state index >= 15 is 0 Å². The minimum Gasteiger partial charge on any atom is -0.357 e. The third kappa shape index (κ3) is 3.19. The van der Waals surface area contributed by atoms with Gasteiger partial charge in [0.1, 0.15) is 12.2 Å². The number of hydrogen-bond donors (Lipinski definition) is 2. The van der Waals surface area contributed by atoms with E-state index in [0.29, 0.717) is 52.7 Å². The Morgan fingerprint density at radius 1 is 1.32 bits per heavy atom. The molecule has 1 atom stereocenters. The predicted octanol–water partition coefficient (Wildman–Crippen LogP) is 2.01. The molecule has 0 aliphatic rings. The quantitative estimate of drug-likeness (QED) is 0.510. The summed E-state index contributed by atoms with van der Waals surface area (Å²) in [5.74, 6) is 1.13. The van der Waals surface area contributed by atoms with Crippen LogP contribution in [-0.4, -0.2) is 35.7 Å². The largest absolute Gasteiger partial charge is 0.357 e. The molecule has 0 aliphatic heterocycles. The maximum Gasteiger partial charge on any atom is 0.262 e. The van der Waals surface area contributed by atoms with Crippen LogP contribution in [0.5, 0.6) is 0 Å². The van der Waals surface area contributed by atoms with E-state index in [-0.39, 0.29) is 11.6 Å². The first-order valence-electron chi connectivity index (χ1n) is 8.90. The third-order valence-electron chi connectivity index (χ3n) is 4.48. The molecular weight excluding hydrogens is 380 g/mol. The summed E-state index contributed by atoms with van der Waals surface area (Å²) in [4.78, 5) is 26.4. The van der Waals surface area contributed by atoms with Gasteiger partial charge in [0.15, 0.2) is 11.5 Å². The lowest BCUT2D eigenvalue weighted by molar-refractivity contribution is 0.570. The van der Waals surface area contributed by atoms with Gasteiger partial charge >= 0.3 is 0 Å². The van der Waals surface area contributed by atoms with E-state index in [1.807, 2.05) is 6.92 Å². The predicted molar refractivity (Wildman–Crippen MR) is 108 cm³/mol. The van der Waals surface area contributed by atoms with Crippen LogP contribution in [0.1, 0.15) is 25.2 Å². The van der Waals surface area contributed by atoms with Crippen LogP contribution in [0.4, 0.5) is 5.82 Å². The zero-order valence-corrected chi connectivity index (χ0v) is 16.0. The SMILES string of the molecule is CC(Nc1ncnn2ccnc12)c1nc2cccc(Cl)c2c(=O)n1CCCN. The van der Waals surface area contributed by atoms with Crippen molar-refractivity contribution in [2.45, 2.75) is 25.9 Å². The Kier molecular flexibility index (Phi) is 4.93. The number of nitrogens with zero attached hydrogens (tertiary/aromatic N) is 6. The topological polar surface area (TPSA) is 116 Å². The molecule has 3 N–H and O–H groups in total. The molecule has 144 valence electrons. The van der Waals surface area contributed by atoms with Gasteiger partial charge in [0.25, 0.3) is 5.56 Å². The van der Waals surface area contributed by atoms with Crippen molar-refractivity contribution < 1.29 is 0 Å². The van der Waals surface area contributed by atoms with Gasteiger partial charge in [-0.05, 0) is 32.0 Å². The van der Waals surface area contributed by atoms with Gasteiger partial charge in [-0.25, -0.2) is 19.5 Å². The van der Waals surface area contributed by atoms with Crippen LogP contribution in [-0.2, 0) is 6.54 Å². The number of rotatable bonds is 6. The van der Waals surface area contributed by atoms with Crippen molar-refractivity contribution in [2.24, 2.45) is 5.73 Å². The Balaban J connectivity index is 1.82. The van der Waals surface area contributed by atoms with E-state index in [1.54, 1.807) is 39.7 Å². The summed E-state index contributed by atoms with van der Waals surface area (Å²) in [5.41, 5.74) is 6.63. The van der Waals surface area contributed by atoms with Crippen molar-refractivity contribution >= 4 is 34.0 Å². The van der Waals surface area contributed by atoms with Gasteiger partial charge in [-0.1, -0.05) is 17.7 Å². The molecule has 4 aromatic rings. The molecule has 4 rings (SSSR count). The van der Waals surface area contributed by atoms with Crippen LogP contribution in [0, 0.1) is 0 Å². The summed E-state index contributed by atoms with van der Waals surface area (Å²) in [6, 6.07) is 4.94. The van der Waals surface area contributed by atoms with Gasteiger partial charge in [0.05, 0.1) is 22.0 Å². The fourth-order valence-corrected chi connectivity index (χ4v) is 3.41. The Morgan fingerprint density at radius 3 is 3.00 bits per heavy atom. The molecule has 0 amide bonds. The minimum atomic E-state index is -0.316. The van der Waals surface area contributed by atoms with E-state index in [1.165, 1.54) is 6.33 Å². The molecule has 0 saturated carbocycles. The Hall–Kier alpha value is -3.04. The summed E-state index contributed by atoms with van der Waals surface area (Å²) >= 11 is 6.26. The molecule has 3 heterocycles. The lowest BCUT2D eigenvalue weighted by Crippen LogP contribution is -2.29. The second-order valence-corrected chi connectivity index (χ2v) is 6.78. The molecule has 0 saturated heterocycles. The molecule has 3 aromatic heterocycles. The minimum absolute atomic E-state index is 0.179. The van der Waals surface area contributed by atoms with Gasteiger partial charge in [-0.3, -0.25) is 9.36 Å². The van der Waals surface area contributed by atoms with Crippen molar-refractivity contribution in [3.8, 4) is 0 Å². The molecule has 0 fully saturated rings. The molecule has 9 nitrogen and oxygen atoms in total. The van der Waals surface area contributed by atoms with Crippen LogP contribution >= 0.6 is 11.6 Å². The highest BCUT2D eigenvalue weighted by atomic mass is 35.5. The maximum atomic E-state index is 13.1. The van der Waals surface area contributed by atoms with Crippen molar-refractivity contribution in [1.82, 2.24) is 29.1 Å². The summed E-state index contributed by atoms with van der Waals surface area (Å²) in [6.07, 6.45) is 5.47. The maximum absolute atomic E-state index is 13.1. The number of hydrogen-bond acceptors (Lipinski definition) is 7. The molecule has 1 unspecified atom stereocenters. The summed E-state index contributed by atoms with van der Waals surface area (Å²) < 4.78 is 3.25. The van der Waals surface area contributed by atoms with Crippen LogP contribution < -0.4 is 16.6 Å². The van der Waals surface area contributed by atoms with Crippen LogP contribution in [0.2, 0.25) is 5.02 Å². The number of anilines is 1. The monoisotopic (exact) mass is 398 g/mol. The number of halogens is 1. The van der Waals surface area contributed by atoms with E-state index in [4.69, 9.17) is 22.3 Å². The van der Waals surface area contributed by atoms with E-state index in [9.17, 15) is 4.79 Å². The summed E-state index contributed by atoms with van der Waals surface area (Å²) in [5, 5.41) is 8.20. The highest BCUT2D eigenvalue weighted by Gasteiger charge is 2.19. The van der Waals surface area contributed by atoms with Crippen molar-refractivity contribution in [1.29, 1.82) is 0 Å². The smallest absolute Gasteiger partial charge is 0.262 e. The number of nitrogens with two attached hydrogens (primary N) is 1. The standard InChI is InChI=1S/C18H19ClN8O/c1-11(24-15-17-21-7-9-27(17)23-10-22-15)16-25-13-5-2-4-12(19)14(13)18(28)26(16)8-3-6-20/h2,4-5,7,9-11H,3,6,8,20H2,1H3,(H,22,23,24). The van der Waals surface area contributed by atoms with Gasteiger partial charge in [0.2, 0.25) is 0 Å². The van der Waals surface area contributed by atoms with E-state index in [0.717, 1.165) is 0 Å². The molecule has 28 heavy (non-hydrogen) atoms. The molecule has 10 heteroatoms. The van der Waals surface area contributed by atoms with Gasteiger partial charge in [-0.2, -0.15) is 5.10 Å². The summed E-state index contributed by atoms with van der Waals surface area (Å²) in [7, 11) is 0. The van der Waals surface area contributed by atoms with Crippen LogP contribution in [0.3, 0.4) is 0 Å². The number of fused-ring (bicyclic) bond motifs is 2. The highest BCUT2D eigenvalue weighted by molar-refractivity contribution is 6.35. The molecule has 0 bridgehead atoms. The zero-order chi connectivity index (χ0) is 19.7. The summed E-state index contributed by atoms with van der Waals surface area (Å²) in [6.45, 7) is 2.83. The first-order valence-corrected chi connectivity index (χ1v) is 9.28. The fourth-order valence-electron chi connectivity index (χ4n) is 3.16. The number of benzene rings is 1. The average molecular weight is 399 g/mol. The third-order valence-corrected chi connectivity index (χ3v) is 4.80. The highest BCUT2D eigenvalue weighted by Crippen LogP contribution is 2.23. The zero-order valence-electron chi connectivity index (χ0n) is 15.2. The Morgan fingerprint density at radius 2 is 2.18 bits per heavy atom. The number of aromatic nitrogens is 6. The van der Waals surface area contributed by atoms with Crippen molar-refractivity contribution in [3.63, 3.8) is 0 Å². The lowest BCUT2D eigenvalue weighted by atomic mass is 10.2. The molecule has 0 spiro atoms. The molecular formula is C18H19ClN8O. The second-order valence-electron chi connectivity index (χ2n) is 6.37. The number of imidazole rings is 1. The van der Waals surface area contributed by atoms with Gasteiger partial charge < -0.3 is 11.1 Å². The first kappa shape index (κ1) is 18.3. The van der Waals surface area contributed by atoms with Crippen LogP contribution in [0.15, 0.2) is 41.7 Å². The first-order chi connectivity index (χ1) is 13.6. The van der Waals surface area contributed by atoms with Gasteiger partial charge in [-0.15, -0.1) is 0 Å². The Bertz CT molecular complexity index is 1200. The van der Waals surface area contributed by atoms with E-state index < -0.39 is 0 Å². The van der Waals surface area contributed by atoms with Crippen molar-refractivity contribution in [3.05, 3.63) is 58.1 Å². The Labute approximate surface area is 165 Å². The normalized spacial score (nSPS) is 12.5. The second kappa shape index (κ2) is 7.53. The molecule has 1 aromatic carbocycles. The fraction of sp³-hybridized carbons (Fsp3) is 0.278. The lowest BCUT2D eigenvalue weighted by Gasteiger charge is -2.20. The van der Waals surface area contributed by atoms with Gasteiger partial charge in [0, 0.05) is 18.9 Å². The van der Waals surface area contributed by atoms with E-state index in [2.05, 4.69) is 20.4 Å². The number of nitrogens with one attached hydrogen (secondary N) is 1. The van der Waals surface area contributed by atoms with Crippen LogP contribution in [0.25, 0.3) is 16.6 Å². The molecule has 0 radical (unpaired) electrons.